The van der Waals surface area contributed by atoms with Crippen LogP contribution in [0.1, 0.15) is 258 Å². The van der Waals surface area contributed by atoms with Gasteiger partial charge in [-0.1, -0.05) is 231 Å². The van der Waals surface area contributed by atoms with Crippen LogP contribution in [0.5, 0.6) is 0 Å². The van der Waals surface area contributed by atoms with Crippen molar-refractivity contribution >= 4 is 5.91 Å². The Bertz CT molecular complexity index is 1340. The molecule has 12 atom stereocenters. The molecular weight excluding hydrogens is 943 g/mol. The first-order valence-electron chi connectivity index (χ1n) is 30.6. The summed E-state index contributed by atoms with van der Waals surface area (Å²) >= 11 is 0. The second kappa shape index (κ2) is 46.4. The van der Waals surface area contributed by atoms with Crippen molar-refractivity contribution in [3.8, 4) is 0 Å². The Morgan fingerprint density at radius 3 is 1.28 bits per heavy atom. The van der Waals surface area contributed by atoms with E-state index in [9.17, 15) is 45.6 Å². The Labute approximate surface area is 449 Å². The van der Waals surface area contributed by atoms with Gasteiger partial charge >= 0.3 is 0 Å². The molecule has 12 unspecified atom stereocenters. The quantitative estimate of drug-likeness (QED) is 0.0204. The Morgan fingerprint density at radius 2 is 0.851 bits per heavy atom. The van der Waals surface area contributed by atoms with Gasteiger partial charge in [0.05, 0.1) is 32.0 Å². The van der Waals surface area contributed by atoms with Crippen LogP contribution in [-0.2, 0) is 23.7 Å². The SMILES string of the molecule is CCCCCCCCC/C=C/C(O)C(COC1OC(CO)C(OC2OC(CO)C(O)C(O)C2O)C(O)C1O)NC(=O)CCCCCCCCCCCCCCCCCCCCC/C=C\CCCCCCCCCC. The van der Waals surface area contributed by atoms with Gasteiger partial charge in [-0.25, -0.2) is 0 Å². The van der Waals surface area contributed by atoms with E-state index in [4.69, 9.17) is 18.9 Å². The lowest BCUT2D eigenvalue weighted by Crippen LogP contribution is -2.65. The minimum Gasteiger partial charge on any atom is -0.394 e. The molecule has 0 aliphatic carbocycles. The summed E-state index contributed by atoms with van der Waals surface area (Å²) in [5.41, 5.74) is 0. The number of amides is 1. The van der Waals surface area contributed by atoms with Crippen LogP contribution in [-0.4, -0.2) is 140 Å². The monoisotopic (exact) mass is 1060 g/mol. The van der Waals surface area contributed by atoms with E-state index >= 15 is 0 Å². The van der Waals surface area contributed by atoms with Crippen molar-refractivity contribution in [1.29, 1.82) is 0 Å². The van der Waals surface area contributed by atoms with E-state index in [-0.39, 0.29) is 18.9 Å². The first kappa shape index (κ1) is 68.6. The van der Waals surface area contributed by atoms with Crippen molar-refractivity contribution in [1.82, 2.24) is 5.32 Å². The van der Waals surface area contributed by atoms with E-state index < -0.39 is 86.8 Å². The number of hydrogen-bond acceptors (Lipinski definition) is 13. The number of aliphatic hydroxyl groups is 8. The lowest BCUT2D eigenvalue weighted by atomic mass is 9.97. The van der Waals surface area contributed by atoms with E-state index in [1.807, 2.05) is 6.08 Å². The predicted molar refractivity (Wildman–Crippen MR) is 295 cm³/mol. The van der Waals surface area contributed by atoms with Crippen LogP contribution in [0, 0.1) is 0 Å². The smallest absolute Gasteiger partial charge is 0.220 e. The molecule has 2 aliphatic rings. The third kappa shape index (κ3) is 31.8. The molecule has 74 heavy (non-hydrogen) atoms. The van der Waals surface area contributed by atoms with Crippen LogP contribution >= 0.6 is 0 Å². The zero-order chi connectivity index (χ0) is 53.9. The fraction of sp³-hybridized carbons (Fsp3) is 0.917. The van der Waals surface area contributed by atoms with Crippen LogP contribution < -0.4 is 5.32 Å². The van der Waals surface area contributed by atoms with Crippen LogP contribution in [0.2, 0.25) is 0 Å². The first-order chi connectivity index (χ1) is 36.1. The summed E-state index contributed by atoms with van der Waals surface area (Å²) in [6.07, 6.45) is 38.4. The maximum Gasteiger partial charge on any atom is 0.220 e. The fourth-order valence-corrected chi connectivity index (χ4v) is 10.2. The minimum absolute atomic E-state index is 0.238. The number of nitrogens with one attached hydrogen (secondary N) is 1. The van der Waals surface area contributed by atoms with Crippen LogP contribution in [0.15, 0.2) is 24.3 Å². The molecule has 2 heterocycles. The number of carbonyl (C=O) groups excluding carboxylic acids is 1. The third-order valence-electron chi connectivity index (χ3n) is 15.1. The highest BCUT2D eigenvalue weighted by Crippen LogP contribution is 2.30. The molecule has 1 amide bonds. The molecular formula is C60H113NO13. The lowest BCUT2D eigenvalue weighted by Gasteiger charge is -2.46. The van der Waals surface area contributed by atoms with Gasteiger partial charge in [0.15, 0.2) is 12.6 Å². The van der Waals surface area contributed by atoms with E-state index in [2.05, 4.69) is 31.3 Å². The second-order valence-corrected chi connectivity index (χ2v) is 21.8. The zero-order valence-electron chi connectivity index (χ0n) is 46.8. The van der Waals surface area contributed by atoms with Crippen LogP contribution in [0.4, 0.5) is 0 Å². The highest BCUT2D eigenvalue weighted by Gasteiger charge is 2.51. The summed E-state index contributed by atoms with van der Waals surface area (Å²) in [6, 6.07) is -0.909. The van der Waals surface area contributed by atoms with Crippen molar-refractivity contribution in [2.75, 3.05) is 19.8 Å². The number of carbonyl (C=O) groups is 1. The Kier molecular flexibility index (Phi) is 43.0. The number of hydrogen-bond donors (Lipinski definition) is 9. The summed E-state index contributed by atoms with van der Waals surface area (Å²) in [7, 11) is 0. The standard InChI is InChI=1S/C60H113NO13/c1-3-5-7-9-11-13-14-15-16-17-18-19-20-21-22-23-24-25-26-27-28-29-30-31-32-33-34-36-38-40-42-44-52(65)61-48(49(64)43-41-39-37-35-12-10-8-6-4-2)47-71-59-57(70)55(68)58(51(46-63)73-59)74-60-56(69)54(67)53(66)50(45-62)72-60/h17-18,41,43,48-51,53-60,62-64,66-70H,3-16,19-40,42,44-47H2,1-2H3,(H,61,65)/b18-17-,43-41+. The van der Waals surface area contributed by atoms with Gasteiger partial charge in [0, 0.05) is 6.42 Å². The largest absolute Gasteiger partial charge is 0.394 e. The molecule has 0 radical (unpaired) electrons. The number of rotatable bonds is 49. The predicted octanol–water partition coefficient (Wildman–Crippen LogP) is 10.4. The highest BCUT2D eigenvalue weighted by atomic mass is 16.7. The lowest BCUT2D eigenvalue weighted by molar-refractivity contribution is -0.359. The summed E-state index contributed by atoms with van der Waals surface area (Å²) in [4.78, 5) is 13.2. The fourth-order valence-electron chi connectivity index (χ4n) is 10.2. The molecule has 0 saturated carbocycles. The maximum absolute atomic E-state index is 13.2. The van der Waals surface area contributed by atoms with Crippen molar-refractivity contribution in [2.24, 2.45) is 0 Å². The van der Waals surface area contributed by atoms with Gasteiger partial charge in [0.2, 0.25) is 5.91 Å². The Hall–Kier alpha value is -1.53. The van der Waals surface area contributed by atoms with Crippen molar-refractivity contribution in [3.63, 3.8) is 0 Å². The molecule has 0 aromatic heterocycles. The number of aliphatic hydroxyl groups excluding tert-OH is 8. The van der Waals surface area contributed by atoms with Gasteiger partial charge < -0.3 is 65.1 Å². The maximum atomic E-state index is 13.2. The topological polar surface area (TPSA) is 228 Å². The molecule has 9 N–H and O–H groups in total. The Balaban J connectivity index is 1.60. The molecule has 2 rings (SSSR count). The molecule has 0 bridgehead atoms. The number of unbranched alkanes of at least 4 members (excludes halogenated alkanes) is 34. The molecule has 0 aromatic rings. The van der Waals surface area contributed by atoms with Crippen molar-refractivity contribution in [3.05, 3.63) is 24.3 Å². The normalized spacial score (nSPS) is 25.3. The molecule has 14 nitrogen and oxygen atoms in total. The van der Waals surface area contributed by atoms with E-state index in [1.54, 1.807) is 6.08 Å². The zero-order valence-corrected chi connectivity index (χ0v) is 46.8. The highest BCUT2D eigenvalue weighted by molar-refractivity contribution is 5.76. The number of ether oxygens (including phenoxy) is 4. The summed E-state index contributed by atoms with van der Waals surface area (Å²) < 4.78 is 22.7. The molecule has 14 heteroatoms. The molecule has 2 fully saturated rings. The van der Waals surface area contributed by atoms with Gasteiger partial charge in [-0.15, -0.1) is 0 Å². The van der Waals surface area contributed by atoms with Gasteiger partial charge in [0.25, 0.3) is 0 Å². The third-order valence-corrected chi connectivity index (χ3v) is 15.1. The van der Waals surface area contributed by atoms with Crippen LogP contribution in [0.3, 0.4) is 0 Å². The van der Waals surface area contributed by atoms with E-state index in [1.165, 1.54) is 193 Å². The van der Waals surface area contributed by atoms with Gasteiger partial charge in [-0.2, -0.15) is 0 Å². The van der Waals surface area contributed by atoms with Crippen molar-refractivity contribution in [2.45, 2.75) is 331 Å². The van der Waals surface area contributed by atoms with Crippen molar-refractivity contribution < 1.29 is 64.6 Å². The molecule has 436 valence electrons. The molecule has 2 aliphatic heterocycles. The van der Waals surface area contributed by atoms with Crippen LogP contribution in [0.25, 0.3) is 0 Å². The van der Waals surface area contributed by atoms with E-state index in [0.29, 0.717) is 6.42 Å². The second-order valence-electron chi connectivity index (χ2n) is 21.8. The summed E-state index contributed by atoms with van der Waals surface area (Å²) in [5.74, 6) is -0.238. The average Bonchev–Trinajstić information content (AvgIpc) is 3.40. The van der Waals surface area contributed by atoms with E-state index in [0.717, 1.165) is 38.5 Å². The Morgan fingerprint density at radius 1 is 0.473 bits per heavy atom. The molecule has 0 spiro atoms. The summed E-state index contributed by atoms with van der Waals surface area (Å²) in [6.45, 7) is 2.77. The average molecular weight is 1060 g/mol. The molecule has 0 aromatic carbocycles. The minimum atomic E-state index is -1.79. The summed E-state index contributed by atoms with van der Waals surface area (Å²) in [5, 5.41) is 86.8. The first-order valence-corrected chi connectivity index (χ1v) is 30.6. The number of allylic oxidation sites excluding steroid dienone is 3. The van der Waals surface area contributed by atoms with Gasteiger partial charge in [-0.05, 0) is 44.9 Å². The van der Waals surface area contributed by atoms with Gasteiger partial charge in [0.1, 0.15) is 48.8 Å². The van der Waals surface area contributed by atoms with Gasteiger partial charge in [-0.3, -0.25) is 4.79 Å². The molecule has 2 saturated heterocycles.